The molecule has 10 rings (SSSR count). The van der Waals surface area contributed by atoms with Crippen molar-refractivity contribution in [1.29, 1.82) is 0 Å². The molecular weight excluding hydrogens is 629 g/mol. The highest BCUT2D eigenvalue weighted by molar-refractivity contribution is 7.26. The topological polar surface area (TPSA) is 43.6 Å². The van der Waals surface area contributed by atoms with Gasteiger partial charge < -0.3 is 0 Å². The monoisotopic (exact) mass is 656 g/mol. The number of nitrogens with zero attached hydrogens (tertiary/aromatic N) is 4. The second kappa shape index (κ2) is 11.6. The fourth-order valence-electron chi connectivity index (χ4n) is 7.11. The maximum absolute atomic E-state index is 5.08. The molecule has 0 aliphatic rings. The van der Waals surface area contributed by atoms with Crippen LogP contribution in [0.5, 0.6) is 0 Å². The van der Waals surface area contributed by atoms with Gasteiger partial charge in [-0.15, -0.1) is 11.3 Å². The van der Waals surface area contributed by atoms with Gasteiger partial charge in [-0.05, 0) is 52.6 Å². The van der Waals surface area contributed by atoms with Crippen LogP contribution in [-0.2, 0) is 0 Å². The molecular formula is C45H28N4S. The van der Waals surface area contributed by atoms with Crippen LogP contribution >= 0.6 is 11.3 Å². The van der Waals surface area contributed by atoms with E-state index in [0.717, 1.165) is 38.5 Å². The highest BCUT2D eigenvalue weighted by Crippen LogP contribution is 2.41. The minimum Gasteiger partial charge on any atom is -0.278 e. The maximum Gasteiger partial charge on any atom is 0.238 e. The molecule has 3 aromatic heterocycles. The highest BCUT2D eigenvalue weighted by Gasteiger charge is 2.18. The standard InChI is InChI=1S/C45H28N4S/c1-3-13-29(14-4-1)43-46-44(30-15-5-2-6-16-30)48-45(47-43)49-39-23-9-7-19-35(39)38-28-32(25-26-40(38)49)31-17-11-18-33(27-31)34-21-12-22-37-36-20-8-10-24-41(36)50-42(34)37/h1-28H. The lowest BCUT2D eigenvalue weighted by atomic mass is 9.97. The van der Waals surface area contributed by atoms with E-state index < -0.39 is 0 Å². The van der Waals surface area contributed by atoms with Crippen molar-refractivity contribution >= 4 is 53.3 Å². The quantitative estimate of drug-likeness (QED) is 0.185. The van der Waals surface area contributed by atoms with E-state index in [0.29, 0.717) is 17.6 Å². The molecule has 10 aromatic rings. The second-order valence-corrected chi connectivity index (χ2v) is 13.5. The summed E-state index contributed by atoms with van der Waals surface area (Å²) in [5.41, 5.74) is 8.81. The highest BCUT2D eigenvalue weighted by atomic mass is 32.1. The summed E-state index contributed by atoms with van der Waals surface area (Å²) in [5.74, 6) is 1.88. The van der Waals surface area contributed by atoms with Crippen molar-refractivity contribution in [3.8, 4) is 51.0 Å². The van der Waals surface area contributed by atoms with E-state index in [1.165, 1.54) is 36.9 Å². The molecule has 0 saturated carbocycles. The van der Waals surface area contributed by atoms with E-state index >= 15 is 0 Å². The number of para-hydroxylation sites is 1. The Morgan fingerprint density at radius 1 is 0.380 bits per heavy atom. The zero-order valence-corrected chi connectivity index (χ0v) is 27.7. The van der Waals surface area contributed by atoms with Gasteiger partial charge in [0, 0.05) is 42.1 Å². The van der Waals surface area contributed by atoms with Crippen LogP contribution in [0.25, 0.3) is 93.0 Å². The number of fused-ring (bicyclic) bond motifs is 6. The SMILES string of the molecule is c1ccc(-c2nc(-c3ccccc3)nc(-n3c4ccccc4c4cc(-c5cccc(-c6cccc7c6sc6ccccc67)c5)ccc43)n2)cc1. The van der Waals surface area contributed by atoms with Gasteiger partial charge in [0.15, 0.2) is 11.6 Å². The van der Waals surface area contributed by atoms with Gasteiger partial charge in [0.05, 0.1) is 11.0 Å². The van der Waals surface area contributed by atoms with Gasteiger partial charge in [-0.3, -0.25) is 4.57 Å². The minimum atomic E-state index is 0.593. The Hall–Kier alpha value is -6.43. The molecule has 50 heavy (non-hydrogen) atoms. The van der Waals surface area contributed by atoms with Crippen molar-refractivity contribution in [1.82, 2.24) is 19.5 Å². The van der Waals surface area contributed by atoms with Crippen LogP contribution in [0.1, 0.15) is 0 Å². The van der Waals surface area contributed by atoms with E-state index in [-0.39, 0.29) is 0 Å². The predicted octanol–water partition coefficient (Wildman–Crippen LogP) is 12.0. The second-order valence-electron chi connectivity index (χ2n) is 12.5. The fourth-order valence-corrected chi connectivity index (χ4v) is 8.34. The van der Waals surface area contributed by atoms with E-state index in [1.54, 1.807) is 0 Å². The van der Waals surface area contributed by atoms with Crippen LogP contribution < -0.4 is 0 Å². The van der Waals surface area contributed by atoms with Gasteiger partial charge in [-0.1, -0.05) is 140 Å². The first-order chi connectivity index (χ1) is 24.8. The molecule has 7 aromatic carbocycles. The van der Waals surface area contributed by atoms with Crippen LogP contribution in [0.15, 0.2) is 170 Å². The van der Waals surface area contributed by atoms with E-state index in [9.17, 15) is 0 Å². The Labute approximate surface area is 292 Å². The van der Waals surface area contributed by atoms with Crippen molar-refractivity contribution in [2.75, 3.05) is 0 Å². The van der Waals surface area contributed by atoms with Crippen molar-refractivity contribution in [3.05, 3.63) is 170 Å². The normalized spacial score (nSPS) is 11.6. The fraction of sp³-hybridized carbons (Fsp3) is 0. The molecule has 0 fully saturated rings. The van der Waals surface area contributed by atoms with Crippen molar-refractivity contribution in [3.63, 3.8) is 0 Å². The molecule has 0 amide bonds. The van der Waals surface area contributed by atoms with Crippen molar-refractivity contribution in [2.24, 2.45) is 0 Å². The molecule has 0 saturated heterocycles. The van der Waals surface area contributed by atoms with Crippen molar-refractivity contribution in [2.45, 2.75) is 0 Å². The van der Waals surface area contributed by atoms with Gasteiger partial charge in [-0.25, -0.2) is 4.98 Å². The van der Waals surface area contributed by atoms with Gasteiger partial charge in [0.25, 0.3) is 0 Å². The summed E-state index contributed by atoms with van der Waals surface area (Å²) in [5, 5.41) is 4.93. The van der Waals surface area contributed by atoms with E-state index in [4.69, 9.17) is 15.0 Å². The summed E-state index contributed by atoms with van der Waals surface area (Å²) in [6, 6.07) is 59.8. The number of hydrogen-bond acceptors (Lipinski definition) is 4. The van der Waals surface area contributed by atoms with Crippen LogP contribution in [-0.4, -0.2) is 19.5 Å². The molecule has 234 valence electrons. The van der Waals surface area contributed by atoms with E-state index in [1.807, 2.05) is 72.0 Å². The number of hydrogen-bond donors (Lipinski definition) is 0. The average Bonchev–Trinajstić information content (AvgIpc) is 3.74. The molecule has 0 radical (unpaired) electrons. The lowest BCUT2D eigenvalue weighted by Gasteiger charge is -2.11. The summed E-state index contributed by atoms with van der Waals surface area (Å²) in [4.78, 5) is 15.1. The molecule has 0 atom stereocenters. The predicted molar refractivity (Wildman–Crippen MR) is 209 cm³/mol. The third-order valence-electron chi connectivity index (χ3n) is 9.47. The third-order valence-corrected chi connectivity index (χ3v) is 10.7. The first-order valence-electron chi connectivity index (χ1n) is 16.7. The minimum absolute atomic E-state index is 0.593. The molecule has 0 spiro atoms. The molecule has 0 aliphatic carbocycles. The Bertz CT molecular complexity index is 2810. The Morgan fingerprint density at radius 3 is 1.74 bits per heavy atom. The Kier molecular flexibility index (Phi) is 6.64. The third kappa shape index (κ3) is 4.71. The summed E-state index contributed by atoms with van der Waals surface area (Å²) in [7, 11) is 0. The zero-order chi connectivity index (χ0) is 33.0. The number of aromatic nitrogens is 4. The lowest BCUT2D eigenvalue weighted by Crippen LogP contribution is -2.06. The molecule has 4 nitrogen and oxygen atoms in total. The van der Waals surface area contributed by atoms with E-state index in [2.05, 4.69) is 114 Å². The average molecular weight is 657 g/mol. The molecule has 0 aliphatic heterocycles. The van der Waals surface area contributed by atoms with Crippen LogP contribution in [0.3, 0.4) is 0 Å². The number of thiophene rings is 1. The van der Waals surface area contributed by atoms with Crippen LogP contribution in [0, 0.1) is 0 Å². The zero-order valence-electron chi connectivity index (χ0n) is 26.9. The Morgan fingerprint density at radius 2 is 0.960 bits per heavy atom. The number of rotatable bonds is 5. The summed E-state index contributed by atoms with van der Waals surface area (Å²) >= 11 is 1.87. The Balaban J connectivity index is 1.14. The van der Waals surface area contributed by atoms with Gasteiger partial charge >= 0.3 is 0 Å². The molecule has 3 heterocycles. The summed E-state index contributed by atoms with van der Waals surface area (Å²) in [6.07, 6.45) is 0. The van der Waals surface area contributed by atoms with Gasteiger partial charge in [-0.2, -0.15) is 9.97 Å². The number of benzene rings is 7. The summed E-state index contributed by atoms with van der Waals surface area (Å²) < 4.78 is 4.82. The maximum atomic E-state index is 5.08. The molecule has 0 unspecified atom stereocenters. The first kappa shape index (κ1) is 28.6. The lowest BCUT2D eigenvalue weighted by molar-refractivity contribution is 0.953. The largest absolute Gasteiger partial charge is 0.278 e. The van der Waals surface area contributed by atoms with Crippen LogP contribution in [0.2, 0.25) is 0 Å². The van der Waals surface area contributed by atoms with Crippen LogP contribution in [0.4, 0.5) is 0 Å². The summed E-state index contributed by atoms with van der Waals surface area (Å²) in [6.45, 7) is 0. The van der Waals surface area contributed by atoms with Gasteiger partial charge in [0.1, 0.15) is 0 Å². The smallest absolute Gasteiger partial charge is 0.238 e. The molecule has 0 bridgehead atoms. The molecule has 5 heteroatoms. The first-order valence-corrected chi connectivity index (χ1v) is 17.5. The molecule has 0 N–H and O–H groups in total. The van der Waals surface area contributed by atoms with Crippen molar-refractivity contribution < 1.29 is 0 Å². The van der Waals surface area contributed by atoms with Gasteiger partial charge in [0.2, 0.25) is 5.95 Å².